The largest absolute Gasteiger partial charge is 0.481 e. The first-order chi connectivity index (χ1) is 10.0. The summed E-state index contributed by atoms with van der Waals surface area (Å²) < 4.78 is 5.70. The number of likely N-dealkylation sites (tertiary alicyclic amines) is 1. The van der Waals surface area contributed by atoms with Crippen LogP contribution < -0.4 is 10.1 Å². The lowest BCUT2D eigenvalue weighted by Crippen LogP contribution is -2.46. The van der Waals surface area contributed by atoms with Crippen LogP contribution >= 0.6 is 23.2 Å². The van der Waals surface area contributed by atoms with Crippen LogP contribution in [-0.4, -0.2) is 43.1 Å². The van der Waals surface area contributed by atoms with Gasteiger partial charge in [-0.15, -0.1) is 0 Å². The third-order valence-corrected chi connectivity index (χ3v) is 4.39. The van der Waals surface area contributed by atoms with E-state index in [1.165, 1.54) is 0 Å². The highest BCUT2D eigenvalue weighted by molar-refractivity contribution is 6.42. The zero-order valence-electron chi connectivity index (χ0n) is 12.2. The Morgan fingerprint density at radius 3 is 2.90 bits per heavy atom. The van der Waals surface area contributed by atoms with Gasteiger partial charge in [0.1, 0.15) is 5.75 Å². The first kappa shape index (κ1) is 16.4. The minimum Gasteiger partial charge on any atom is -0.481 e. The van der Waals surface area contributed by atoms with Crippen molar-refractivity contribution < 1.29 is 9.53 Å². The minimum atomic E-state index is -0.542. The summed E-state index contributed by atoms with van der Waals surface area (Å²) in [6.45, 7) is 3.37. The van der Waals surface area contributed by atoms with Gasteiger partial charge in [0.2, 0.25) is 0 Å². The van der Waals surface area contributed by atoms with Crippen molar-refractivity contribution in [3.05, 3.63) is 28.2 Å². The summed E-state index contributed by atoms with van der Waals surface area (Å²) in [6.07, 6.45) is 1.53. The Hall–Kier alpha value is -0.970. The molecule has 6 heteroatoms. The van der Waals surface area contributed by atoms with Gasteiger partial charge >= 0.3 is 0 Å². The van der Waals surface area contributed by atoms with Crippen LogP contribution in [0.4, 0.5) is 0 Å². The normalized spacial score (nSPS) is 19.6. The molecule has 1 heterocycles. The van der Waals surface area contributed by atoms with Gasteiger partial charge in [0.05, 0.1) is 10.0 Å². The van der Waals surface area contributed by atoms with Crippen LogP contribution in [0.15, 0.2) is 18.2 Å². The van der Waals surface area contributed by atoms with Crippen LogP contribution in [0, 0.1) is 0 Å². The van der Waals surface area contributed by atoms with Crippen molar-refractivity contribution in [3.63, 3.8) is 0 Å². The monoisotopic (exact) mass is 330 g/mol. The SMILES string of the molecule is CNCC1CCCN1C(=O)C(C)Oc1ccc(Cl)c(Cl)c1. The highest BCUT2D eigenvalue weighted by Gasteiger charge is 2.31. The van der Waals surface area contributed by atoms with Crippen LogP contribution in [0.2, 0.25) is 10.0 Å². The summed E-state index contributed by atoms with van der Waals surface area (Å²) in [4.78, 5) is 14.4. The minimum absolute atomic E-state index is 0.0128. The number of hydrogen-bond acceptors (Lipinski definition) is 3. The molecule has 0 aliphatic carbocycles. The maximum atomic E-state index is 12.5. The van der Waals surface area contributed by atoms with Gasteiger partial charge in [-0.25, -0.2) is 0 Å². The zero-order valence-corrected chi connectivity index (χ0v) is 13.7. The van der Waals surface area contributed by atoms with Gasteiger partial charge in [-0.3, -0.25) is 4.79 Å². The van der Waals surface area contributed by atoms with E-state index in [-0.39, 0.29) is 11.9 Å². The number of benzene rings is 1. The molecule has 1 aromatic rings. The Balaban J connectivity index is 2.00. The summed E-state index contributed by atoms with van der Waals surface area (Å²) in [5.41, 5.74) is 0. The molecule has 0 bridgehead atoms. The van der Waals surface area contributed by atoms with Crippen LogP contribution in [0.5, 0.6) is 5.75 Å². The average Bonchev–Trinajstić information content (AvgIpc) is 2.90. The fourth-order valence-corrected chi connectivity index (χ4v) is 2.90. The predicted octanol–water partition coefficient (Wildman–Crippen LogP) is 2.97. The lowest BCUT2D eigenvalue weighted by atomic mass is 10.2. The lowest BCUT2D eigenvalue weighted by molar-refractivity contribution is -0.138. The van der Waals surface area contributed by atoms with E-state index in [0.717, 1.165) is 25.9 Å². The number of likely N-dealkylation sites (N-methyl/N-ethyl adjacent to an activating group) is 1. The van der Waals surface area contributed by atoms with Crippen LogP contribution in [0.1, 0.15) is 19.8 Å². The number of carbonyl (C=O) groups is 1. The van der Waals surface area contributed by atoms with Crippen molar-refractivity contribution in [1.82, 2.24) is 10.2 Å². The number of hydrogen-bond donors (Lipinski definition) is 1. The molecule has 1 saturated heterocycles. The summed E-state index contributed by atoms with van der Waals surface area (Å²) in [6, 6.07) is 5.26. The van der Waals surface area contributed by atoms with Gasteiger partial charge in [0.25, 0.3) is 5.91 Å². The second-order valence-corrected chi connectivity index (χ2v) is 6.04. The molecular weight excluding hydrogens is 311 g/mol. The van der Waals surface area contributed by atoms with Crippen LogP contribution in [0.3, 0.4) is 0 Å². The number of ether oxygens (including phenoxy) is 1. The van der Waals surface area contributed by atoms with E-state index < -0.39 is 6.10 Å². The topological polar surface area (TPSA) is 41.6 Å². The molecule has 2 unspecified atom stereocenters. The Kier molecular flexibility index (Phi) is 5.73. The molecule has 1 aromatic carbocycles. The van der Waals surface area contributed by atoms with Crippen LogP contribution in [-0.2, 0) is 4.79 Å². The second-order valence-electron chi connectivity index (χ2n) is 5.22. The highest BCUT2D eigenvalue weighted by Crippen LogP contribution is 2.27. The molecule has 0 saturated carbocycles. The summed E-state index contributed by atoms with van der Waals surface area (Å²) in [7, 11) is 1.90. The third kappa shape index (κ3) is 4.02. The van der Waals surface area contributed by atoms with Gasteiger partial charge in [0.15, 0.2) is 6.10 Å². The molecule has 2 atom stereocenters. The van der Waals surface area contributed by atoms with Crippen molar-refractivity contribution in [1.29, 1.82) is 0 Å². The molecule has 1 aliphatic rings. The van der Waals surface area contributed by atoms with E-state index in [0.29, 0.717) is 15.8 Å². The molecule has 116 valence electrons. The number of amides is 1. The van der Waals surface area contributed by atoms with Gasteiger partial charge in [-0.2, -0.15) is 0 Å². The number of halogens is 2. The fraction of sp³-hybridized carbons (Fsp3) is 0.533. The number of carbonyl (C=O) groups excluding carboxylic acids is 1. The third-order valence-electron chi connectivity index (χ3n) is 3.65. The Bertz CT molecular complexity index is 510. The molecule has 21 heavy (non-hydrogen) atoms. The smallest absolute Gasteiger partial charge is 0.263 e. The summed E-state index contributed by atoms with van der Waals surface area (Å²) >= 11 is 11.8. The van der Waals surface area contributed by atoms with Crippen LogP contribution in [0.25, 0.3) is 0 Å². The zero-order chi connectivity index (χ0) is 15.4. The van der Waals surface area contributed by atoms with Crippen molar-refractivity contribution >= 4 is 29.1 Å². The molecule has 0 spiro atoms. The molecular formula is C15H20Cl2N2O2. The molecule has 1 fully saturated rings. The second kappa shape index (κ2) is 7.34. The Morgan fingerprint density at radius 2 is 2.24 bits per heavy atom. The van der Waals surface area contributed by atoms with E-state index in [1.54, 1.807) is 25.1 Å². The van der Waals surface area contributed by atoms with Gasteiger partial charge < -0.3 is 15.0 Å². The van der Waals surface area contributed by atoms with Gasteiger partial charge in [-0.05, 0) is 38.9 Å². The predicted molar refractivity (Wildman–Crippen MR) is 85.2 cm³/mol. The quantitative estimate of drug-likeness (QED) is 0.902. The maximum absolute atomic E-state index is 12.5. The highest BCUT2D eigenvalue weighted by atomic mass is 35.5. The molecule has 1 N–H and O–H groups in total. The maximum Gasteiger partial charge on any atom is 0.263 e. The lowest BCUT2D eigenvalue weighted by Gasteiger charge is -2.27. The summed E-state index contributed by atoms with van der Waals surface area (Å²) in [5, 5.41) is 4.02. The van der Waals surface area contributed by atoms with E-state index in [9.17, 15) is 4.79 Å². The van der Waals surface area contributed by atoms with E-state index >= 15 is 0 Å². The van der Waals surface area contributed by atoms with Crippen molar-refractivity contribution in [2.75, 3.05) is 20.1 Å². The van der Waals surface area contributed by atoms with Crippen molar-refractivity contribution in [2.24, 2.45) is 0 Å². The molecule has 1 aliphatic heterocycles. The molecule has 2 rings (SSSR count). The standard InChI is InChI=1S/C15H20Cl2N2O2/c1-10(21-12-5-6-13(16)14(17)8-12)15(20)19-7-3-4-11(19)9-18-2/h5-6,8,10-11,18H,3-4,7,9H2,1-2H3. The van der Waals surface area contributed by atoms with Gasteiger partial charge in [0, 0.05) is 25.2 Å². The van der Waals surface area contributed by atoms with Gasteiger partial charge in [-0.1, -0.05) is 23.2 Å². The van der Waals surface area contributed by atoms with E-state index in [1.807, 2.05) is 11.9 Å². The number of rotatable bonds is 5. The van der Waals surface area contributed by atoms with E-state index in [4.69, 9.17) is 27.9 Å². The average molecular weight is 331 g/mol. The Labute approximate surface area is 135 Å². The van der Waals surface area contributed by atoms with Crippen molar-refractivity contribution in [3.8, 4) is 5.75 Å². The molecule has 4 nitrogen and oxygen atoms in total. The first-order valence-corrected chi connectivity index (χ1v) is 7.85. The fourth-order valence-electron chi connectivity index (χ4n) is 2.61. The van der Waals surface area contributed by atoms with Crippen molar-refractivity contribution in [2.45, 2.75) is 31.9 Å². The molecule has 0 aromatic heterocycles. The Morgan fingerprint density at radius 1 is 1.48 bits per heavy atom. The summed E-state index contributed by atoms with van der Waals surface area (Å²) in [5.74, 6) is 0.563. The van der Waals surface area contributed by atoms with E-state index in [2.05, 4.69) is 5.32 Å². The number of nitrogens with zero attached hydrogens (tertiary/aromatic N) is 1. The number of nitrogens with one attached hydrogen (secondary N) is 1. The first-order valence-electron chi connectivity index (χ1n) is 7.09. The molecule has 1 amide bonds. The molecule has 0 radical (unpaired) electrons.